The molecule has 0 amide bonds. The standard InChI is InChI=1S/C16H16NO3.ClH/c1-11-5-7-12(8-6-11)16(19)20-15-13-4-2-3-9-17(13)10-14(15)18;/h2-9,14-15,18H,10H2,1H3;1H/q+1;/p-1/t14-,15-;/m1./s1. The van der Waals surface area contributed by atoms with E-state index in [4.69, 9.17) is 4.74 Å². The second kappa shape index (κ2) is 6.24. The highest BCUT2D eigenvalue weighted by Crippen LogP contribution is 2.25. The molecule has 0 unspecified atom stereocenters. The molecule has 1 aliphatic rings. The lowest BCUT2D eigenvalue weighted by Crippen LogP contribution is -3.00. The molecule has 2 atom stereocenters. The third kappa shape index (κ3) is 3.06. The molecule has 0 aliphatic carbocycles. The zero-order valence-corrected chi connectivity index (χ0v) is 12.3. The highest BCUT2D eigenvalue weighted by Gasteiger charge is 2.41. The molecule has 5 heteroatoms. The fourth-order valence-corrected chi connectivity index (χ4v) is 2.42. The molecule has 0 radical (unpaired) electrons. The van der Waals surface area contributed by atoms with Gasteiger partial charge in [-0.2, -0.15) is 4.57 Å². The monoisotopic (exact) mass is 305 g/mol. The Morgan fingerprint density at radius 2 is 1.95 bits per heavy atom. The van der Waals surface area contributed by atoms with Crippen molar-refractivity contribution in [3.63, 3.8) is 0 Å². The van der Waals surface area contributed by atoms with Crippen LogP contribution in [0.5, 0.6) is 0 Å². The van der Waals surface area contributed by atoms with Crippen molar-refractivity contribution in [3.05, 3.63) is 65.5 Å². The third-order valence-corrected chi connectivity index (χ3v) is 3.52. The van der Waals surface area contributed by atoms with Crippen molar-refractivity contribution in [2.24, 2.45) is 0 Å². The third-order valence-electron chi connectivity index (χ3n) is 3.52. The van der Waals surface area contributed by atoms with Crippen LogP contribution in [0, 0.1) is 6.92 Å². The number of ether oxygens (including phenoxy) is 1. The molecule has 1 aromatic carbocycles. The molecule has 0 fully saturated rings. The van der Waals surface area contributed by atoms with E-state index in [2.05, 4.69) is 0 Å². The van der Waals surface area contributed by atoms with E-state index >= 15 is 0 Å². The minimum atomic E-state index is -0.702. The highest BCUT2D eigenvalue weighted by atomic mass is 35.5. The number of nitrogens with zero attached hydrogens (tertiary/aromatic N) is 1. The topological polar surface area (TPSA) is 50.4 Å². The molecule has 1 aliphatic heterocycles. The van der Waals surface area contributed by atoms with E-state index in [-0.39, 0.29) is 12.4 Å². The van der Waals surface area contributed by atoms with Crippen LogP contribution in [0.3, 0.4) is 0 Å². The predicted molar refractivity (Wildman–Crippen MR) is 72.0 cm³/mol. The van der Waals surface area contributed by atoms with E-state index < -0.39 is 18.2 Å². The number of carbonyl (C=O) groups excluding carboxylic acids is 1. The second-order valence-corrected chi connectivity index (χ2v) is 5.04. The normalized spacial score (nSPS) is 19.5. The zero-order chi connectivity index (χ0) is 14.1. The molecule has 0 saturated heterocycles. The molecule has 21 heavy (non-hydrogen) atoms. The maximum absolute atomic E-state index is 12.1. The van der Waals surface area contributed by atoms with Gasteiger partial charge in [0, 0.05) is 12.1 Å². The fourth-order valence-electron chi connectivity index (χ4n) is 2.42. The molecule has 3 rings (SSSR count). The van der Waals surface area contributed by atoms with E-state index in [1.165, 1.54) is 0 Å². The minimum absolute atomic E-state index is 0. The summed E-state index contributed by atoms with van der Waals surface area (Å²) in [5.41, 5.74) is 2.40. The van der Waals surface area contributed by atoms with Gasteiger partial charge in [0.15, 0.2) is 18.8 Å². The van der Waals surface area contributed by atoms with E-state index in [1.54, 1.807) is 12.1 Å². The number of halogens is 1. The van der Waals surface area contributed by atoms with Crippen LogP contribution in [0.25, 0.3) is 0 Å². The molecular formula is C16H16ClNO3. The first-order valence-corrected chi connectivity index (χ1v) is 6.59. The number of carbonyl (C=O) groups is 1. The van der Waals surface area contributed by atoms with Crippen LogP contribution in [0.15, 0.2) is 48.7 Å². The van der Waals surface area contributed by atoms with E-state index in [9.17, 15) is 9.90 Å². The van der Waals surface area contributed by atoms with E-state index in [0.717, 1.165) is 11.3 Å². The van der Waals surface area contributed by atoms with Crippen molar-refractivity contribution >= 4 is 5.97 Å². The summed E-state index contributed by atoms with van der Waals surface area (Å²) in [7, 11) is 0. The smallest absolute Gasteiger partial charge is 0.339 e. The summed E-state index contributed by atoms with van der Waals surface area (Å²) in [6.07, 6.45) is 0.565. The molecule has 0 spiro atoms. The van der Waals surface area contributed by atoms with Gasteiger partial charge in [0.2, 0.25) is 11.8 Å². The first-order valence-electron chi connectivity index (χ1n) is 6.59. The summed E-state index contributed by atoms with van der Waals surface area (Å²) >= 11 is 0. The summed E-state index contributed by atoms with van der Waals surface area (Å²) in [6, 6.07) is 12.8. The van der Waals surface area contributed by atoms with Gasteiger partial charge in [-0.1, -0.05) is 17.7 Å². The van der Waals surface area contributed by atoms with Gasteiger partial charge < -0.3 is 22.3 Å². The van der Waals surface area contributed by atoms with Crippen LogP contribution in [-0.4, -0.2) is 17.2 Å². The van der Waals surface area contributed by atoms with Gasteiger partial charge in [-0.05, 0) is 25.1 Å². The Labute approximate surface area is 129 Å². The molecule has 1 N–H and O–H groups in total. The lowest BCUT2D eigenvalue weighted by atomic mass is 10.1. The summed E-state index contributed by atoms with van der Waals surface area (Å²) in [4.78, 5) is 12.1. The molecule has 0 saturated carbocycles. The van der Waals surface area contributed by atoms with Gasteiger partial charge in [0.05, 0.1) is 5.56 Å². The van der Waals surface area contributed by atoms with Gasteiger partial charge in [-0.3, -0.25) is 0 Å². The second-order valence-electron chi connectivity index (χ2n) is 5.04. The Morgan fingerprint density at radius 3 is 2.67 bits per heavy atom. The number of aliphatic hydroxyl groups is 1. The number of aryl methyl sites for hydroxylation is 1. The number of aromatic nitrogens is 1. The molecule has 4 nitrogen and oxygen atoms in total. The van der Waals surface area contributed by atoms with Crippen molar-refractivity contribution in [1.82, 2.24) is 0 Å². The lowest BCUT2D eigenvalue weighted by Gasteiger charge is -2.12. The molecule has 2 heterocycles. The van der Waals surface area contributed by atoms with E-state index in [1.807, 2.05) is 48.0 Å². The zero-order valence-electron chi connectivity index (χ0n) is 11.6. The van der Waals surface area contributed by atoms with Gasteiger partial charge in [0.25, 0.3) is 0 Å². The van der Waals surface area contributed by atoms with Crippen LogP contribution in [0.1, 0.15) is 27.7 Å². The largest absolute Gasteiger partial charge is 1.00 e. The maximum Gasteiger partial charge on any atom is 0.339 e. The Morgan fingerprint density at radius 1 is 1.24 bits per heavy atom. The number of hydrogen-bond acceptors (Lipinski definition) is 3. The molecule has 110 valence electrons. The average molecular weight is 306 g/mol. The molecule has 0 bridgehead atoms. The van der Waals surface area contributed by atoms with Gasteiger partial charge in [-0.25, -0.2) is 4.79 Å². The van der Waals surface area contributed by atoms with Crippen LogP contribution >= 0.6 is 0 Å². The van der Waals surface area contributed by atoms with Gasteiger partial charge >= 0.3 is 5.97 Å². The van der Waals surface area contributed by atoms with Gasteiger partial charge in [-0.15, -0.1) is 0 Å². The maximum atomic E-state index is 12.1. The Hall–Kier alpha value is -1.91. The fraction of sp³-hybridized carbons (Fsp3) is 0.250. The number of aliphatic hydroxyl groups excluding tert-OH is 1. The van der Waals surface area contributed by atoms with Crippen molar-refractivity contribution in [2.75, 3.05) is 0 Å². The van der Waals surface area contributed by atoms with Crippen LogP contribution < -0.4 is 17.0 Å². The van der Waals surface area contributed by atoms with E-state index in [0.29, 0.717) is 12.1 Å². The predicted octanol–water partition coefficient (Wildman–Crippen LogP) is -1.44. The summed E-state index contributed by atoms with van der Waals surface area (Å²) in [6.45, 7) is 2.41. The first-order chi connectivity index (χ1) is 9.65. The number of fused-ring (bicyclic) bond motifs is 1. The summed E-state index contributed by atoms with van der Waals surface area (Å²) in [5, 5.41) is 10.1. The van der Waals surface area contributed by atoms with Crippen molar-refractivity contribution in [3.8, 4) is 0 Å². The molecular weight excluding hydrogens is 290 g/mol. The highest BCUT2D eigenvalue weighted by molar-refractivity contribution is 5.89. The Balaban J connectivity index is 0.00000161. The van der Waals surface area contributed by atoms with Crippen molar-refractivity contribution in [2.45, 2.75) is 25.7 Å². The SMILES string of the molecule is Cc1ccc(C(=O)O[C@@H]2c3cccc[n+]3C[C@H]2O)cc1.[Cl-]. The number of esters is 1. The van der Waals surface area contributed by atoms with Crippen LogP contribution in [0.2, 0.25) is 0 Å². The lowest BCUT2D eigenvalue weighted by molar-refractivity contribution is -0.695. The number of pyridine rings is 1. The molecule has 2 aromatic rings. The summed E-state index contributed by atoms with van der Waals surface area (Å²) < 4.78 is 7.37. The number of rotatable bonds is 2. The van der Waals surface area contributed by atoms with Crippen molar-refractivity contribution in [1.29, 1.82) is 0 Å². The van der Waals surface area contributed by atoms with Crippen LogP contribution in [-0.2, 0) is 11.3 Å². The Kier molecular flexibility index (Phi) is 4.60. The number of benzene rings is 1. The van der Waals surface area contributed by atoms with Crippen molar-refractivity contribution < 1.29 is 31.6 Å². The molecule has 1 aromatic heterocycles. The average Bonchev–Trinajstić information content (AvgIpc) is 2.76. The minimum Gasteiger partial charge on any atom is -1.00 e. The first kappa shape index (κ1) is 15.5. The Bertz CT molecular complexity index is 642. The number of hydrogen-bond donors (Lipinski definition) is 1. The summed E-state index contributed by atoms with van der Waals surface area (Å²) in [5.74, 6) is -0.411. The quantitative estimate of drug-likeness (QED) is 0.546. The van der Waals surface area contributed by atoms with Crippen LogP contribution in [0.4, 0.5) is 0 Å². The van der Waals surface area contributed by atoms with Gasteiger partial charge in [0.1, 0.15) is 0 Å².